The Balaban J connectivity index is 1.43. The molecule has 8 nitrogen and oxygen atoms in total. The number of nitrogens with zero attached hydrogens (tertiary/aromatic N) is 3. The van der Waals surface area contributed by atoms with Crippen LogP contribution in [-0.4, -0.2) is 52.2 Å². The lowest BCUT2D eigenvalue weighted by atomic mass is 9.91. The van der Waals surface area contributed by atoms with Gasteiger partial charge in [-0.1, -0.05) is 54.6 Å². The summed E-state index contributed by atoms with van der Waals surface area (Å²) in [5.74, 6) is -0.107. The summed E-state index contributed by atoms with van der Waals surface area (Å²) in [7, 11) is 3.57. The number of hydrogen-bond acceptors (Lipinski definition) is 4. The fourth-order valence-corrected chi connectivity index (χ4v) is 8.33. The first kappa shape index (κ1) is 24.9. The first-order valence-corrected chi connectivity index (χ1v) is 14.8. The molecule has 4 aromatic carbocycles. The molecule has 1 fully saturated rings. The Labute approximate surface area is 247 Å². The zero-order valence-corrected chi connectivity index (χ0v) is 24.1. The lowest BCUT2D eigenvalue weighted by Gasteiger charge is -2.50. The number of likely N-dealkylation sites (N-methyl/N-ethyl adjacent to an activating group) is 1. The van der Waals surface area contributed by atoms with E-state index in [0.29, 0.717) is 18.5 Å². The summed E-state index contributed by atoms with van der Waals surface area (Å²) in [4.78, 5) is 29.2. The van der Waals surface area contributed by atoms with Gasteiger partial charge in [0.2, 0.25) is 0 Å². The average Bonchev–Trinajstić information content (AvgIpc) is 3.68. The van der Waals surface area contributed by atoms with E-state index in [0.717, 1.165) is 54.7 Å². The molecule has 9 rings (SSSR count). The van der Waals surface area contributed by atoms with Crippen molar-refractivity contribution < 1.29 is 19.1 Å². The van der Waals surface area contributed by atoms with E-state index < -0.39 is 18.1 Å². The molecular formula is C35H30N4O4. The van der Waals surface area contributed by atoms with Crippen LogP contribution >= 0.6 is 0 Å². The SMILES string of the molecule is CO[C@@H]1[C@H](N(C)C(=O)c2ccccc2)C[C@H]2O[C@]1(C)n1c3ccccc3c3c1c1c(c4ccccc4n12)[14c]1[14c]3CNC1=O. The highest BCUT2D eigenvalue weighted by atomic mass is 16.6. The van der Waals surface area contributed by atoms with Gasteiger partial charge in [0.25, 0.3) is 11.8 Å². The van der Waals surface area contributed by atoms with Crippen LogP contribution in [0.4, 0.5) is 0 Å². The Bertz CT molecular complexity index is 2180. The summed E-state index contributed by atoms with van der Waals surface area (Å²) in [6, 6.07) is 25.7. The highest BCUT2D eigenvalue weighted by molar-refractivity contribution is 6.31. The van der Waals surface area contributed by atoms with Crippen LogP contribution in [-0.2, 0) is 21.7 Å². The highest BCUT2D eigenvalue weighted by Crippen LogP contribution is 2.54. The Kier molecular flexibility index (Phi) is 4.90. The molecular weight excluding hydrogens is 544 g/mol. The van der Waals surface area contributed by atoms with Gasteiger partial charge in [0.15, 0.2) is 5.72 Å². The Morgan fingerprint density at radius 2 is 1.65 bits per heavy atom. The van der Waals surface area contributed by atoms with Gasteiger partial charge in [0, 0.05) is 54.2 Å². The Morgan fingerprint density at radius 3 is 2.40 bits per heavy atom. The van der Waals surface area contributed by atoms with Crippen molar-refractivity contribution in [2.75, 3.05) is 14.2 Å². The van der Waals surface area contributed by atoms with Crippen molar-refractivity contribution in [2.24, 2.45) is 0 Å². The number of hydrogen-bond donors (Lipinski definition) is 1. The number of fused-ring (bicyclic) bond motifs is 13. The second-order valence-electron chi connectivity index (χ2n) is 12.1. The van der Waals surface area contributed by atoms with Crippen LogP contribution in [0.1, 0.15) is 45.9 Å². The molecule has 0 unspecified atom stereocenters. The van der Waals surface area contributed by atoms with Crippen molar-refractivity contribution >= 4 is 55.4 Å². The lowest BCUT2D eigenvalue weighted by Crippen LogP contribution is -2.61. The van der Waals surface area contributed by atoms with Crippen LogP contribution < -0.4 is 5.32 Å². The van der Waals surface area contributed by atoms with Gasteiger partial charge in [-0.05, 0) is 36.8 Å². The van der Waals surface area contributed by atoms with Crippen LogP contribution in [0.3, 0.4) is 0 Å². The zero-order chi connectivity index (χ0) is 29.2. The van der Waals surface area contributed by atoms with Crippen LogP contribution in [0.5, 0.6) is 0 Å². The molecule has 4 atom stereocenters. The summed E-state index contributed by atoms with van der Waals surface area (Å²) >= 11 is 0. The molecule has 0 radical (unpaired) electrons. The van der Waals surface area contributed by atoms with Crippen LogP contribution in [0.2, 0.25) is 0 Å². The van der Waals surface area contributed by atoms with Crippen molar-refractivity contribution in [3.05, 3.63) is 95.6 Å². The molecule has 2 bridgehead atoms. The zero-order valence-electron chi connectivity index (χ0n) is 24.1. The number of carbonyl (C=O) groups excluding carboxylic acids is 2. The molecule has 3 aliphatic heterocycles. The van der Waals surface area contributed by atoms with Gasteiger partial charge in [-0.3, -0.25) is 9.59 Å². The molecule has 1 N–H and O–H groups in total. The lowest BCUT2D eigenvalue weighted by molar-refractivity contribution is -0.264. The van der Waals surface area contributed by atoms with Gasteiger partial charge < -0.3 is 28.8 Å². The van der Waals surface area contributed by atoms with Gasteiger partial charge >= 0.3 is 0 Å². The summed E-state index contributed by atoms with van der Waals surface area (Å²) in [5.41, 5.74) is 5.46. The maximum atomic E-state index is 13.9. The maximum Gasteiger partial charge on any atom is 0.253 e. The minimum atomic E-state index is -0.980. The quantitative estimate of drug-likeness (QED) is 0.285. The van der Waals surface area contributed by atoms with Crippen molar-refractivity contribution in [1.29, 1.82) is 0 Å². The number of ether oxygens (including phenoxy) is 2. The summed E-state index contributed by atoms with van der Waals surface area (Å²) in [6.07, 6.45) is -0.386. The molecule has 2 aromatic heterocycles. The first-order chi connectivity index (χ1) is 20.9. The smallest absolute Gasteiger partial charge is 0.253 e. The average molecular weight is 575 g/mol. The molecule has 0 spiro atoms. The second kappa shape index (κ2) is 8.46. The molecule has 43 heavy (non-hydrogen) atoms. The maximum absolute atomic E-state index is 13.9. The van der Waals surface area contributed by atoms with E-state index in [9.17, 15) is 9.59 Å². The van der Waals surface area contributed by atoms with E-state index in [1.807, 2.05) is 66.5 Å². The fraction of sp³-hybridized carbons (Fsp3) is 0.257. The summed E-state index contributed by atoms with van der Waals surface area (Å²) in [5, 5.41) is 7.24. The van der Waals surface area contributed by atoms with Crippen LogP contribution in [0.25, 0.3) is 43.6 Å². The first-order valence-electron chi connectivity index (χ1n) is 14.8. The van der Waals surface area contributed by atoms with Gasteiger partial charge in [-0.2, -0.15) is 0 Å². The third kappa shape index (κ3) is 2.97. The van der Waals surface area contributed by atoms with Crippen molar-refractivity contribution in [3.63, 3.8) is 0 Å². The largest absolute Gasteiger partial charge is 0.374 e. The third-order valence-corrected chi connectivity index (χ3v) is 10.0. The summed E-state index contributed by atoms with van der Waals surface area (Å²) in [6.45, 7) is 2.56. The van der Waals surface area contributed by atoms with Gasteiger partial charge in [0.05, 0.1) is 33.7 Å². The van der Waals surface area contributed by atoms with Crippen molar-refractivity contribution in [2.45, 2.75) is 44.0 Å². The van der Waals surface area contributed by atoms with Gasteiger partial charge in [-0.15, -0.1) is 0 Å². The van der Waals surface area contributed by atoms with E-state index in [1.54, 1.807) is 7.11 Å². The van der Waals surface area contributed by atoms with E-state index in [1.165, 1.54) is 0 Å². The van der Waals surface area contributed by atoms with Crippen LogP contribution in [0.15, 0.2) is 78.9 Å². The molecule has 0 aliphatic carbocycles. The minimum Gasteiger partial charge on any atom is -0.374 e. The number of benzene rings is 4. The molecule has 0 saturated carbocycles. The predicted molar refractivity (Wildman–Crippen MR) is 165 cm³/mol. The van der Waals surface area contributed by atoms with E-state index in [-0.39, 0.29) is 17.9 Å². The normalized spacial score (nSPS) is 24.2. The number of rotatable bonds is 3. The number of nitrogens with one attached hydrogen (secondary N) is 1. The number of aromatic nitrogens is 2. The number of para-hydroxylation sites is 2. The molecule has 1 saturated heterocycles. The van der Waals surface area contributed by atoms with E-state index >= 15 is 0 Å². The van der Waals surface area contributed by atoms with Crippen molar-refractivity contribution in [3.8, 4) is 0 Å². The molecule has 214 valence electrons. The second-order valence-corrected chi connectivity index (χ2v) is 12.1. The molecule has 2 amide bonds. The summed E-state index contributed by atoms with van der Waals surface area (Å²) < 4.78 is 18.1. The molecule has 3 aliphatic rings. The Morgan fingerprint density at radius 1 is 0.977 bits per heavy atom. The van der Waals surface area contributed by atoms with E-state index in [4.69, 9.17) is 9.47 Å². The molecule has 8 heteroatoms. The minimum absolute atomic E-state index is 0.0446. The molecule has 6 aromatic rings. The van der Waals surface area contributed by atoms with Gasteiger partial charge in [0.1, 0.15) is 12.3 Å². The van der Waals surface area contributed by atoms with E-state index in [2.05, 4.69) is 45.6 Å². The predicted octanol–water partition coefficient (Wildman–Crippen LogP) is 5.91. The number of methoxy groups -OCH3 is 1. The van der Waals surface area contributed by atoms with Crippen molar-refractivity contribution in [1.82, 2.24) is 19.4 Å². The number of carbonyl (C=O) groups is 2. The van der Waals surface area contributed by atoms with Gasteiger partial charge in [-0.25, -0.2) is 0 Å². The molecule has 5 heterocycles. The third-order valence-electron chi connectivity index (χ3n) is 10.0. The highest BCUT2D eigenvalue weighted by Gasteiger charge is 2.55. The standard InChI is InChI=1S/C35H30N4O4/c1-35-32(42-3)25(37(2)34(41)19-11-5-4-6-12-19)17-26(43-35)38-23-15-9-7-13-20(23)28-29-22(18-36-33(29)40)27-21-14-8-10-16-24(21)39(35)31(27)30(28)38/h4-16,25-26,32H,17-18H2,1-3H3,(H,36,40)/t25-,26-,32-,35+/m1/s1/i22+2,29+2. The topological polar surface area (TPSA) is 77.7 Å². The monoisotopic (exact) mass is 574 g/mol. The number of amides is 2. The fourth-order valence-electron chi connectivity index (χ4n) is 8.33. The van der Waals surface area contributed by atoms with Crippen LogP contribution in [0, 0.1) is 0 Å². The Hall–Kier alpha value is -4.66.